The van der Waals surface area contributed by atoms with E-state index in [1.165, 1.54) is 57.2 Å². The molecule has 0 bridgehead atoms. The fourth-order valence-corrected chi connectivity index (χ4v) is 504. The Morgan fingerprint density at radius 2 is 0.703 bits per heavy atom. The monoisotopic (exact) mass is 710 g/mol. The predicted octanol–water partition coefficient (Wildman–Crippen LogP) is 12.5. The van der Waals surface area contributed by atoms with E-state index in [-0.39, 0.29) is 0 Å². The van der Waals surface area contributed by atoms with E-state index in [0.29, 0.717) is 15.8 Å². The molecule has 10 aliphatic rings. The summed E-state index contributed by atoms with van der Waals surface area (Å²) in [5.41, 5.74) is 0. The van der Waals surface area contributed by atoms with Crippen LogP contribution in [0.15, 0.2) is 0 Å². The molecule has 0 N–H and O–H groups in total. The molecule has 0 aromatic heterocycles. The zero-order valence-corrected chi connectivity index (χ0v) is 30.5. The quantitative estimate of drug-likeness (QED) is 0.0597. The number of hydrogen-bond donors (Lipinski definition) is 0. The van der Waals surface area contributed by atoms with Crippen molar-refractivity contribution < 1.29 is 11.2 Å². The van der Waals surface area contributed by atoms with Crippen LogP contribution in [0.1, 0.15) is 130 Å². The Morgan fingerprint density at radius 3 is 0.919 bits per heavy atom. The number of unbranched alkanes of at least 4 members (excludes halogenated alkanes) is 12. The molecule has 1 spiro atoms. The fourth-order valence-electron chi connectivity index (χ4n) is 30.0. The molecule has 0 aliphatic carbocycles. The van der Waals surface area contributed by atoms with Gasteiger partial charge in [-0.25, -0.2) is 0 Å². The van der Waals surface area contributed by atoms with Crippen LogP contribution in [0.3, 0.4) is 0 Å². The van der Waals surface area contributed by atoms with Gasteiger partial charge < -0.3 is 0 Å². The summed E-state index contributed by atoms with van der Waals surface area (Å²) in [5, 5.41) is 0. The van der Waals surface area contributed by atoms with Crippen molar-refractivity contribution in [1.82, 2.24) is 0 Å². The maximum absolute atomic E-state index is 3.99. The van der Waals surface area contributed by atoms with E-state index in [2.05, 4.69) is 27.7 Å². The molecule has 4 unspecified atom stereocenters. The van der Waals surface area contributed by atoms with E-state index in [4.69, 9.17) is 0 Å². The fraction of sp³-hybridized carbons (Fsp3) is 1.00. The standard InChI is InChI=1S/C29H55P2.C5H5.Hf/c1-5-9-13-17-24-30(25-18-14-10-6-2)28-22-21-23-29(28)31(26-19-15-11-7-3)27-20-16-12-8-4;1-2-4-5-3-1;/h21-23H,5-20,24-27H2,1-4H3;1-5H;. The van der Waals surface area contributed by atoms with Gasteiger partial charge in [0, 0.05) is 0 Å². The van der Waals surface area contributed by atoms with Gasteiger partial charge >= 0.3 is 217 Å². The van der Waals surface area contributed by atoms with E-state index in [1.54, 1.807) is 105 Å². The summed E-state index contributed by atoms with van der Waals surface area (Å²) in [4.78, 5) is 0. The molecule has 0 amide bonds. The van der Waals surface area contributed by atoms with Crippen molar-refractivity contribution >= 4 is 15.8 Å². The number of fused-ring (bicyclic) bond motifs is 10. The van der Waals surface area contributed by atoms with Gasteiger partial charge in [-0.3, -0.25) is 0 Å². The summed E-state index contributed by atoms with van der Waals surface area (Å²) in [5.74, 6) is 0. The van der Waals surface area contributed by atoms with Crippen LogP contribution in [0.2, 0.25) is 29.4 Å². The Balaban J connectivity index is 1.02. The topological polar surface area (TPSA) is 0 Å². The second-order valence-electron chi connectivity index (χ2n) is 21.0. The van der Waals surface area contributed by atoms with Crippen molar-refractivity contribution in [3.63, 3.8) is 0 Å². The van der Waals surface area contributed by atoms with Crippen LogP contribution in [-0.4, -0.2) is 30.5 Å². The third-order valence-electron chi connectivity index (χ3n) is 26.4. The number of hydrogen-bond acceptors (Lipinski definition) is 0. The van der Waals surface area contributed by atoms with Crippen molar-refractivity contribution in [2.24, 2.45) is 0 Å². The molecule has 37 heavy (non-hydrogen) atoms. The van der Waals surface area contributed by atoms with Crippen molar-refractivity contribution in [2.45, 2.75) is 166 Å². The molecule has 0 radical (unpaired) electrons. The van der Waals surface area contributed by atoms with Gasteiger partial charge in [0.2, 0.25) is 0 Å². The molecule has 210 valence electrons. The van der Waals surface area contributed by atoms with Crippen molar-refractivity contribution in [3.8, 4) is 0 Å². The first-order chi connectivity index (χ1) is 18.0. The van der Waals surface area contributed by atoms with E-state index >= 15 is 0 Å². The third kappa shape index (κ3) is 0.687. The molecule has 0 saturated carbocycles. The third-order valence-corrected chi connectivity index (χ3v) is 198. The Bertz CT molecular complexity index is 1190. The maximum atomic E-state index is 2.43. The van der Waals surface area contributed by atoms with Gasteiger partial charge in [0.1, 0.15) is 0 Å². The Labute approximate surface area is 216 Å². The van der Waals surface area contributed by atoms with E-state index in [9.17, 15) is 0 Å². The Kier molecular flexibility index (Phi) is 2.82. The molecular formula is C34H60HfP2. The first-order valence-electron chi connectivity index (χ1n) is 18.5. The Hall–Kier alpha value is 1.73. The summed E-state index contributed by atoms with van der Waals surface area (Å²) >= 11 is -3.99. The van der Waals surface area contributed by atoms with Gasteiger partial charge in [-0.15, -0.1) is 0 Å². The van der Waals surface area contributed by atoms with Crippen LogP contribution in [-0.2, 0) is 11.2 Å². The Morgan fingerprint density at radius 1 is 0.405 bits per heavy atom. The van der Waals surface area contributed by atoms with E-state index in [0.717, 1.165) is 0 Å². The van der Waals surface area contributed by atoms with E-state index in [1.807, 2.05) is 0 Å². The predicted molar refractivity (Wildman–Crippen MR) is 165 cm³/mol. The summed E-state index contributed by atoms with van der Waals surface area (Å²) < 4.78 is 15.1. The molecule has 10 saturated heterocycles. The van der Waals surface area contributed by atoms with Crippen LogP contribution in [0.5, 0.6) is 0 Å². The first-order valence-corrected chi connectivity index (χ1v) is 42.1. The molecule has 0 aromatic carbocycles. The zero-order valence-electron chi connectivity index (χ0n) is 25.2. The molecule has 4 atom stereocenters. The summed E-state index contributed by atoms with van der Waals surface area (Å²) in [6.45, 7) is 9.72. The van der Waals surface area contributed by atoms with Crippen LogP contribution in [0.4, 0.5) is 0 Å². The summed E-state index contributed by atoms with van der Waals surface area (Å²) in [6.07, 6.45) is 31.8. The average Bonchev–Trinajstić information content (AvgIpc) is 3.85. The van der Waals surface area contributed by atoms with Gasteiger partial charge in [0.15, 0.2) is 0 Å². The van der Waals surface area contributed by atoms with Gasteiger partial charge in [0.25, 0.3) is 0 Å². The van der Waals surface area contributed by atoms with Gasteiger partial charge in [-0.1, -0.05) is 0 Å². The average molecular weight is 709 g/mol. The van der Waals surface area contributed by atoms with Crippen molar-refractivity contribution in [1.29, 1.82) is 0 Å². The normalized spacial score (nSPS) is 63.6. The van der Waals surface area contributed by atoms with Crippen LogP contribution in [0.25, 0.3) is 0 Å². The molecule has 10 rings (SSSR count). The second-order valence-corrected chi connectivity index (χ2v) is 105. The van der Waals surface area contributed by atoms with Crippen molar-refractivity contribution in [3.05, 3.63) is 0 Å². The summed E-state index contributed by atoms with van der Waals surface area (Å²) in [6, 6.07) is 0. The number of rotatable bonds is 22. The minimum atomic E-state index is -3.99. The van der Waals surface area contributed by atoms with Gasteiger partial charge in [-0.2, -0.15) is 0 Å². The van der Waals surface area contributed by atoms with Crippen LogP contribution >= 0.6 is 15.8 Å². The second kappa shape index (κ2) is 4.31. The molecule has 10 aliphatic heterocycles. The summed E-state index contributed by atoms with van der Waals surface area (Å²) in [7, 11) is 0.796. The van der Waals surface area contributed by atoms with Crippen LogP contribution < -0.4 is 0 Å². The van der Waals surface area contributed by atoms with Gasteiger partial charge in [-0.05, 0) is 0 Å². The zero-order chi connectivity index (χ0) is 25.2. The van der Waals surface area contributed by atoms with Crippen molar-refractivity contribution in [2.75, 3.05) is 24.6 Å². The molecule has 0 nitrogen and oxygen atoms in total. The minimum absolute atomic E-state index is 0.398. The first kappa shape index (κ1) is 24.2. The molecule has 10 fully saturated rings. The SMILES string of the molecule is CCCCCCP(CCCCCC)[C]12[CH]3[CH]4[CH]5[C]1(P(CCCCCC)CCCCCC)[Hf]43521678[CH]2[CH]1[CH]6[CH]7[CH]28. The van der Waals surface area contributed by atoms with Gasteiger partial charge in [0.05, 0.1) is 0 Å². The molecule has 3 heteroatoms. The molecule has 0 aromatic rings. The molecule has 10 heterocycles. The molecular weight excluding hydrogens is 649 g/mol. The van der Waals surface area contributed by atoms with Crippen LogP contribution in [0, 0.1) is 0 Å². The van der Waals surface area contributed by atoms with E-state index < -0.39 is 11.2 Å².